The van der Waals surface area contributed by atoms with Crippen LogP contribution in [0.4, 0.5) is 0 Å². The maximum Gasteiger partial charge on any atom is 0.250 e. The van der Waals surface area contributed by atoms with Gasteiger partial charge in [0.2, 0.25) is 15.0 Å². The molecule has 108 valence electrons. The Kier molecular flexibility index (Phi) is 3.94. The summed E-state index contributed by atoms with van der Waals surface area (Å²) in [6, 6.07) is 9.56. The summed E-state index contributed by atoms with van der Waals surface area (Å²) in [5, 5.41) is 7.58. The highest BCUT2D eigenvalue weighted by Crippen LogP contribution is 2.19. The summed E-state index contributed by atoms with van der Waals surface area (Å²) >= 11 is 0. The summed E-state index contributed by atoms with van der Waals surface area (Å²) in [6.07, 6.45) is 1.94. The van der Waals surface area contributed by atoms with E-state index in [0.29, 0.717) is 6.42 Å². The van der Waals surface area contributed by atoms with Gasteiger partial charge in [0.05, 0.1) is 5.75 Å². The highest BCUT2D eigenvalue weighted by atomic mass is 32.2. The first-order valence-corrected chi connectivity index (χ1v) is 8.13. The zero-order valence-electron chi connectivity index (χ0n) is 11.9. The van der Waals surface area contributed by atoms with E-state index in [9.17, 15) is 8.42 Å². The first-order chi connectivity index (χ1) is 9.31. The minimum atomic E-state index is -3.44. The number of rotatable bonds is 4. The Morgan fingerprint density at radius 2 is 1.80 bits per heavy atom. The molecule has 1 aromatic carbocycles. The van der Waals surface area contributed by atoms with E-state index in [4.69, 9.17) is 0 Å². The quantitative estimate of drug-likeness (QED) is 0.865. The lowest BCUT2D eigenvalue weighted by atomic mass is 10.1. The van der Waals surface area contributed by atoms with Gasteiger partial charge in [-0.25, -0.2) is 8.42 Å². The Balaban J connectivity index is 2.22. The predicted molar refractivity (Wildman–Crippen MR) is 77.2 cm³/mol. The van der Waals surface area contributed by atoms with Crippen LogP contribution in [0.2, 0.25) is 0 Å². The fourth-order valence-corrected chi connectivity index (χ4v) is 3.36. The summed E-state index contributed by atoms with van der Waals surface area (Å²) in [5.74, 6) is 0.0335. The predicted octanol–water partition coefficient (Wildman–Crippen LogP) is 2.05. The molecule has 0 bridgehead atoms. The standard InChI is InChI=1S/C14H19N3O2S/c1-14(2,3)17-11-15-16-13(17)20(18,19)10-9-12-7-5-4-6-8-12/h4-8,11H,9-10H2,1-3H3. The van der Waals surface area contributed by atoms with Crippen LogP contribution >= 0.6 is 0 Å². The Hall–Kier alpha value is -1.69. The number of aryl methyl sites for hydroxylation is 1. The number of nitrogens with zero attached hydrogens (tertiary/aromatic N) is 3. The van der Waals surface area contributed by atoms with Crippen molar-refractivity contribution in [3.8, 4) is 0 Å². The van der Waals surface area contributed by atoms with E-state index < -0.39 is 9.84 Å². The highest BCUT2D eigenvalue weighted by Gasteiger charge is 2.26. The molecule has 0 atom stereocenters. The second-order valence-corrected chi connectivity index (χ2v) is 7.71. The van der Waals surface area contributed by atoms with Gasteiger partial charge < -0.3 is 0 Å². The van der Waals surface area contributed by atoms with Gasteiger partial charge in [0.15, 0.2) is 0 Å². The second-order valence-electron chi connectivity index (χ2n) is 5.71. The van der Waals surface area contributed by atoms with Gasteiger partial charge in [0.25, 0.3) is 0 Å². The van der Waals surface area contributed by atoms with Crippen molar-refractivity contribution in [3.63, 3.8) is 0 Å². The maximum atomic E-state index is 12.4. The summed E-state index contributed by atoms with van der Waals surface area (Å²) < 4.78 is 26.4. The van der Waals surface area contributed by atoms with E-state index in [1.54, 1.807) is 4.57 Å². The molecule has 6 heteroatoms. The third kappa shape index (κ3) is 3.25. The number of benzene rings is 1. The van der Waals surface area contributed by atoms with Crippen LogP contribution in [0.1, 0.15) is 26.3 Å². The molecule has 0 saturated carbocycles. The van der Waals surface area contributed by atoms with E-state index in [0.717, 1.165) is 5.56 Å². The lowest BCUT2D eigenvalue weighted by molar-refractivity contribution is 0.361. The van der Waals surface area contributed by atoms with E-state index in [-0.39, 0.29) is 16.4 Å². The van der Waals surface area contributed by atoms with E-state index in [1.165, 1.54) is 6.33 Å². The van der Waals surface area contributed by atoms with Crippen molar-refractivity contribution in [3.05, 3.63) is 42.2 Å². The van der Waals surface area contributed by atoms with Crippen molar-refractivity contribution >= 4 is 9.84 Å². The monoisotopic (exact) mass is 293 g/mol. The van der Waals surface area contributed by atoms with Gasteiger partial charge in [0, 0.05) is 5.54 Å². The Bertz CT molecular complexity index is 670. The molecule has 0 N–H and O–H groups in total. The second kappa shape index (κ2) is 5.36. The van der Waals surface area contributed by atoms with Crippen molar-refractivity contribution in [1.82, 2.24) is 14.8 Å². The zero-order valence-corrected chi connectivity index (χ0v) is 12.8. The number of aromatic nitrogens is 3. The molecule has 1 aromatic heterocycles. The molecule has 1 heterocycles. The van der Waals surface area contributed by atoms with Gasteiger partial charge in [-0.3, -0.25) is 4.57 Å². The smallest absolute Gasteiger partial charge is 0.250 e. The van der Waals surface area contributed by atoms with Crippen LogP contribution in [-0.4, -0.2) is 28.9 Å². The van der Waals surface area contributed by atoms with Crippen molar-refractivity contribution in [2.45, 2.75) is 37.9 Å². The maximum absolute atomic E-state index is 12.4. The SMILES string of the molecule is CC(C)(C)n1cnnc1S(=O)(=O)CCc1ccccc1. The van der Waals surface area contributed by atoms with Crippen LogP contribution < -0.4 is 0 Å². The normalized spacial score (nSPS) is 12.6. The van der Waals surface area contributed by atoms with Crippen LogP contribution in [0, 0.1) is 0 Å². The topological polar surface area (TPSA) is 64.8 Å². The molecule has 0 aliphatic carbocycles. The zero-order chi connectivity index (χ0) is 14.8. The van der Waals surface area contributed by atoms with Gasteiger partial charge in [-0.05, 0) is 32.8 Å². The number of hydrogen-bond acceptors (Lipinski definition) is 4. The first kappa shape index (κ1) is 14.7. The van der Waals surface area contributed by atoms with Crippen LogP contribution in [0.5, 0.6) is 0 Å². The molecule has 20 heavy (non-hydrogen) atoms. The first-order valence-electron chi connectivity index (χ1n) is 6.48. The number of sulfone groups is 1. The molecule has 2 aromatic rings. The minimum Gasteiger partial charge on any atom is -0.299 e. The molecule has 0 aliphatic rings. The number of hydrogen-bond donors (Lipinski definition) is 0. The molecule has 0 spiro atoms. The van der Waals surface area contributed by atoms with Crippen LogP contribution in [0.3, 0.4) is 0 Å². The average Bonchev–Trinajstić information content (AvgIpc) is 2.88. The van der Waals surface area contributed by atoms with Crippen LogP contribution in [-0.2, 0) is 21.8 Å². The third-order valence-corrected chi connectivity index (χ3v) is 4.60. The summed E-state index contributed by atoms with van der Waals surface area (Å²) in [7, 11) is -3.44. The molecule has 0 amide bonds. The summed E-state index contributed by atoms with van der Waals surface area (Å²) in [6.45, 7) is 5.77. The molecule has 0 aliphatic heterocycles. The van der Waals surface area contributed by atoms with E-state index in [2.05, 4.69) is 10.2 Å². The van der Waals surface area contributed by atoms with E-state index in [1.807, 2.05) is 51.1 Å². The average molecular weight is 293 g/mol. The van der Waals surface area contributed by atoms with Crippen molar-refractivity contribution < 1.29 is 8.42 Å². The highest BCUT2D eigenvalue weighted by molar-refractivity contribution is 7.91. The largest absolute Gasteiger partial charge is 0.299 e. The van der Waals surface area contributed by atoms with Crippen molar-refractivity contribution in [1.29, 1.82) is 0 Å². The summed E-state index contributed by atoms with van der Waals surface area (Å²) in [4.78, 5) is 0. The van der Waals surface area contributed by atoms with Gasteiger partial charge >= 0.3 is 0 Å². The molecule has 2 rings (SSSR count). The van der Waals surface area contributed by atoms with Gasteiger partial charge in [-0.1, -0.05) is 30.3 Å². The molecule has 5 nitrogen and oxygen atoms in total. The van der Waals surface area contributed by atoms with Crippen LogP contribution in [0.15, 0.2) is 41.8 Å². The fourth-order valence-electron chi connectivity index (χ4n) is 1.88. The Labute approximate surface area is 119 Å². The van der Waals surface area contributed by atoms with Crippen molar-refractivity contribution in [2.75, 3.05) is 5.75 Å². The lowest BCUT2D eigenvalue weighted by Gasteiger charge is -2.21. The third-order valence-electron chi connectivity index (χ3n) is 3.02. The Morgan fingerprint density at radius 1 is 1.15 bits per heavy atom. The molecule has 0 radical (unpaired) electrons. The van der Waals surface area contributed by atoms with Crippen LogP contribution in [0.25, 0.3) is 0 Å². The fraction of sp³-hybridized carbons (Fsp3) is 0.429. The minimum absolute atomic E-state index is 0.0335. The summed E-state index contributed by atoms with van der Waals surface area (Å²) in [5.41, 5.74) is 0.636. The van der Waals surface area contributed by atoms with E-state index >= 15 is 0 Å². The van der Waals surface area contributed by atoms with Gasteiger partial charge in [-0.15, -0.1) is 10.2 Å². The van der Waals surface area contributed by atoms with Gasteiger partial charge in [-0.2, -0.15) is 0 Å². The molecule has 0 fully saturated rings. The molecular weight excluding hydrogens is 274 g/mol. The lowest BCUT2D eigenvalue weighted by Crippen LogP contribution is -2.26. The molecule has 0 saturated heterocycles. The van der Waals surface area contributed by atoms with Crippen molar-refractivity contribution in [2.24, 2.45) is 0 Å². The Morgan fingerprint density at radius 3 is 2.40 bits per heavy atom. The van der Waals surface area contributed by atoms with Gasteiger partial charge in [0.1, 0.15) is 6.33 Å². The molecule has 0 unspecified atom stereocenters. The molecular formula is C14H19N3O2S.